The van der Waals surface area contributed by atoms with Crippen molar-refractivity contribution in [3.8, 4) is 5.75 Å². The number of anilines is 1. The van der Waals surface area contributed by atoms with Crippen LogP contribution in [0.2, 0.25) is 0 Å². The third-order valence-corrected chi connectivity index (χ3v) is 4.24. The average molecular weight is 312 g/mol. The van der Waals surface area contributed by atoms with E-state index < -0.39 is 6.10 Å². The standard InChI is InChI=1S/C19H24N2O2/c1-14-5-3-6-17(13-14)23-16-9-11-21(12-10-16)19-8-4-7-18(20-19)15(2)22/h3-8,13,15-16,22H,9-12H2,1-2H3/t15-/m0/s1. The Morgan fingerprint density at radius 3 is 2.61 bits per heavy atom. The van der Waals surface area contributed by atoms with Crippen molar-refractivity contribution in [3.05, 3.63) is 53.7 Å². The number of rotatable bonds is 4. The number of ether oxygens (including phenoxy) is 1. The van der Waals surface area contributed by atoms with Gasteiger partial charge >= 0.3 is 0 Å². The van der Waals surface area contributed by atoms with Crippen molar-refractivity contribution in [3.63, 3.8) is 0 Å². The third kappa shape index (κ3) is 4.02. The minimum atomic E-state index is -0.530. The van der Waals surface area contributed by atoms with Gasteiger partial charge in [0.2, 0.25) is 0 Å². The summed E-state index contributed by atoms with van der Waals surface area (Å²) in [5.41, 5.74) is 1.94. The van der Waals surface area contributed by atoms with Crippen molar-refractivity contribution < 1.29 is 9.84 Å². The molecule has 0 spiro atoms. The Morgan fingerprint density at radius 2 is 1.91 bits per heavy atom. The lowest BCUT2D eigenvalue weighted by molar-refractivity contribution is 0.170. The molecule has 4 heteroatoms. The summed E-state index contributed by atoms with van der Waals surface area (Å²) in [5.74, 6) is 1.90. The van der Waals surface area contributed by atoms with E-state index in [1.807, 2.05) is 30.3 Å². The van der Waals surface area contributed by atoms with Gasteiger partial charge in [-0.25, -0.2) is 4.98 Å². The van der Waals surface area contributed by atoms with E-state index in [4.69, 9.17) is 4.74 Å². The number of aryl methyl sites for hydroxylation is 1. The molecule has 1 aromatic carbocycles. The summed E-state index contributed by atoms with van der Waals surface area (Å²) in [7, 11) is 0. The van der Waals surface area contributed by atoms with Gasteiger partial charge in [0.25, 0.3) is 0 Å². The van der Waals surface area contributed by atoms with E-state index in [0.717, 1.165) is 43.2 Å². The summed E-state index contributed by atoms with van der Waals surface area (Å²) >= 11 is 0. The molecule has 1 atom stereocenters. The molecule has 2 aromatic rings. The maximum Gasteiger partial charge on any atom is 0.128 e. The summed E-state index contributed by atoms with van der Waals surface area (Å²) < 4.78 is 6.10. The zero-order valence-electron chi connectivity index (χ0n) is 13.8. The molecule has 4 nitrogen and oxygen atoms in total. The molecule has 1 aromatic heterocycles. The summed E-state index contributed by atoms with van der Waals surface area (Å²) in [5, 5.41) is 9.67. The fourth-order valence-electron chi connectivity index (χ4n) is 2.93. The number of aliphatic hydroxyl groups is 1. The highest BCUT2D eigenvalue weighted by molar-refractivity contribution is 5.40. The van der Waals surface area contributed by atoms with E-state index >= 15 is 0 Å². The highest BCUT2D eigenvalue weighted by atomic mass is 16.5. The SMILES string of the molecule is Cc1cccc(OC2CCN(c3cccc([C@H](C)O)n3)CC2)c1. The Balaban J connectivity index is 1.59. The minimum Gasteiger partial charge on any atom is -0.490 e. The van der Waals surface area contributed by atoms with Crippen LogP contribution in [-0.4, -0.2) is 29.3 Å². The van der Waals surface area contributed by atoms with Crippen molar-refractivity contribution in [1.29, 1.82) is 0 Å². The Labute approximate surface area is 137 Å². The lowest BCUT2D eigenvalue weighted by atomic mass is 10.1. The molecule has 1 N–H and O–H groups in total. The van der Waals surface area contributed by atoms with Gasteiger partial charge in [-0.05, 0) is 43.7 Å². The maximum atomic E-state index is 9.67. The molecular weight excluding hydrogens is 288 g/mol. The van der Waals surface area contributed by atoms with Crippen LogP contribution in [0.5, 0.6) is 5.75 Å². The molecule has 1 saturated heterocycles. The zero-order valence-corrected chi connectivity index (χ0v) is 13.8. The summed E-state index contributed by atoms with van der Waals surface area (Å²) in [6, 6.07) is 14.0. The first kappa shape index (κ1) is 15.8. The van der Waals surface area contributed by atoms with Gasteiger partial charge < -0.3 is 14.7 Å². The Hall–Kier alpha value is -2.07. The average Bonchev–Trinajstić information content (AvgIpc) is 2.56. The van der Waals surface area contributed by atoms with E-state index in [-0.39, 0.29) is 6.10 Å². The van der Waals surface area contributed by atoms with Crippen molar-refractivity contribution in [2.24, 2.45) is 0 Å². The van der Waals surface area contributed by atoms with Gasteiger partial charge in [0.15, 0.2) is 0 Å². The number of pyridine rings is 1. The van der Waals surface area contributed by atoms with Crippen LogP contribution >= 0.6 is 0 Å². The first-order chi connectivity index (χ1) is 11.1. The number of hydrogen-bond acceptors (Lipinski definition) is 4. The first-order valence-corrected chi connectivity index (χ1v) is 8.25. The number of aliphatic hydroxyl groups excluding tert-OH is 1. The van der Waals surface area contributed by atoms with Crippen molar-refractivity contribution in [2.45, 2.75) is 38.9 Å². The smallest absolute Gasteiger partial charge is 0.128 e. The normalized spacial score (nSPS) is 17.1. The fourth-order valence-corrected chi connectivity index (χ4v) is 2.93. The van der Waals surface area contributed by atoms with Gasteiger partial charge in [-0.2, -0.15) is 0 Å². The van der Waals surface area contributed by atoms with Gasteiger partial charge in [0, 0.05) is 25.9 Å². The van der Waals surface area contributed by atoms with Gasteiger partial charge in [0.1, 0.15) is 17.7 Å². The molecule has 0 saturated carbocycles. The molecule has 1 fully saturated rings. The van der Waals surface area contributed by atoms with Crippen LogP contribution in [0.25, 0.3) is 0 Å². The van der Waals surface area contributed by atoms with Crippen molar-refractivity contribution in [2.75, 3.05) is 18.0 Å². The van der Waals surface area contributed by atoms with Crippen LogP contribution in [0, 0.1) is 6.92 Å². The summed E-state index contributed by atoms with van der Waals surface area (Å²) in [4.78, 5) is 6.82. The van der Waals surface area contributed by atoms with Crippen LogP contribution in [0.1, 0.15) is 37.1 Å². The quantitative estimate of drug-likeness (QED) is 0.938. The molecule has 2 heterocycles. The molecule has 1 aliphatic heterocycles. The highest BCUT2D eigenvalue weighted by Crippen LogP contribution is 2.23. The molecule has 0 unspecified atom stereocenters. The Bertz CT molecular complexity index is 649. The molecular formula is C19H24N2O2. The monoisotopic (exact) mass is 312 g/mol. The van der Waals surface area contributed by atoms with E-state index in [0.29, 0.717) is 0 Å². The van der Waals surface area contributed by atoms with Gasteiger partial charge in [-0.1, -0.05) is 18.2 Å². The predicted molar refractivity (Wildman–Crippen MR) is 91.9 cm³/mol. The molecule has 0 bridgehead atoms. The van der Waals surface area contributed by atoms with Crippen molar-refractivity contribution in [1.82, 2.24) is 4.98 Å². The number of piperidine rings is 1. The summed E-state index contributed by atoms with van der Waals surface area (Å²) in [6.45, 7) is 5.67. The summed E-state index contributed by atoms with van der Waals surface area (Å²) in [6.07, 6.45) is 1.69. The third-order valence-electron chi connectivity index (χ3n) is 4.24. The number of aromatic nitrogens is 1. The number of benzene rings is 1. The molecule has 122 valence electrons. The molecule has 0 aliphatic carbocycles. The zero-order chi connectivity index (χ0) is 16.2. The predicted octanol–water partition coefficient (Wildman–Crippen LogP) is 3.49. The van der Waals surface area contributed by atoms with E-state index in [1.54, 1.807) is 6.92 Å². The maximum absolute atomic E-state index is 9.67. The second-order valence-electron chi connectivity index (χ2n) is 6.22. The van der Waals surface area contributed by atoms with E-state index in [1.165, 1.54) is 5.56 Å². The highest BCUT2D eigenvalue weighted by Gasteiger charge is 2.21. The molecule has 0 radical (unpaired) electrons. The van der Waals surface area contributed by atoms with Gasteiger partial charge in [-0.15, -0.1) is 0 Å². The van der Waals surface area contributed by atoms with Gasteiger partial charge in [-0.3, -0.25) is 0 Å². The topological polar surface area (TPSA) is 45.6 Å². The minimum absolute atomic E-state index is 0.257. The van der Waals surface area contributed by atoms with Crippen LogP contribution < -0.4 is 9.64 Å². The van der Waals surface area contributed by atoms with Crippen LogP contribution in [0.4, 0.5) is 5.82 Å². The lowest BCUT2D eigenvalue weighted by Crippen LogP contribution is -2.38. The second kappa shape index (κ2) is 7.01. The molecule has 0 amide bonds. The Morgan fingerprint density at radius 1 is 1.17 bits per heavy atom. The van der Waals surface area contributed by atoms with Crippen LogP contribution in [0.15, 0.2) is 42.5 Å². The van der Waals surface area contributed by atoms with Crippen molar-refractivity contribution >= 4 is 5.82 Å². The number of nitrogens with zero attached hydrogens (tertiary/aromatic N) is 2. The van der Waals surface area contributed by atoms with Crippen LogP contribution in [-0.2, 0) is 0 Å². The largest absolute Gasteiger partial charge is 0.490 e. The molecule has 23 heavy (non-hydrogen) atoms. The Kier molecular flexibility index (Phi) is 4.82. The first-order valence-electron chi connectivity index (χ1n) is 8.25. The van der Waals surface area contributed by atoms with E-state index in [2.05, 4.69) is 28.9 Å². The molecule has 1 aliphatic rings. The lowest BCUT2D eigenvalue weighted by Gasteiger charge is -2.33. The van der Waals surface area contributed by atoms with E-state index in [9.17, 15) is 5.11 Å². The van der Waals surface area contributed by atoms with Crippen LogP contribution in [0.3, 0.4) is 0 Å². The van der Waals surface area contributed by atoms with Gasteiger partial charge in [0.05, 0.1) is 11.8 Å². The second-order valence-corrected chi connectivity index (χ2v) is 6.22. The number of hydrogen-bond donors (Lipinski definition) is 1. The molecule has 3 rings (SSSR count). The fraction of sp³-hybridized carbons (Fsp3) is 0.421.